The molecule has 1 aromatic heterocycles. The summed E-state index contributed by atoms with van der Waals surface area (Å²) in [4.78, 5) is 16.4. The number of ketones is 1. The van der Waals surface area contributed by atoms with Crippen molar-refractivity contribution in [3.05, 3.63) is 59.9 Å². The van der Waals surface area contributed by atoms with Gasteiger partial charge in [0, 0.05) is 43.5 Å². The Kier molecular flexibility index (Phi) is 5.50. The minimum atomic E-state index is -3.67. The van der Waals surface area contributed by atoms with E-state index in [-0.39, 0.29) is 22.6 Å². The first kappa shape index (κ1) is 18.7. The quantitative estimate of drug-likeness (QED) is 0.813. The summed E-state index contributed by atoms with van der Waals surface area (Å²) in [6, 6.07) is 9.62. The van der Waals surface area contributed by atoms with E-state index < -0.39 is 10.0 Å². The number of nitrogens with zero attached hydrogens (tertiary/aromatic N) is 2. The molecule has 7 heteroatoms. The first-order valence-electron chi connectivity index (χ1n) is 8.68. The third kappa shape index (κ3) is 3.70. The van der Waals surface area contributed by atoms with Gasteiger partial charge in [-0.2, -0.15) is 4.31 Å². The molecule has 1 N–H and O–H groups in total. The Balaban J connectivity index is 1.92. The molecule has 1 atom stereocenters. The standard InChI is InChI=1S/C19H23N3O3S/c1-14(2)19(23)15-5-7-17(8-6-15)26(24,25)22-11-10-21-13-18(22)16-4-3-9-20-12-16/h3-9,12,14,18,21H,10-11,13H2,1-2H3. The maximum absolute atomic E-state index is 13.2. The highest BCUT2D eigenvalue weighted by atomic mass is 32.2. The van der Waals surface area contributed by atoms with Crippen molar-refractivity contribution >= 4 is 15.8 Å². The first-order chi connectivity index (χ1) is 12.4. The van der Waals surface area contributed by atoms with Gasteiger partial charge in [-0.3, -0.25) is 9.78 Å². The van der Waals surface area contributed by atoms with E-state index in [0.29, 0.717) is 25.2 Å². The van der Waals surface area contributed by atoms with Gasteiger partial charge in [-0.05, 0) is 23.8 Å². The zero-order valence-corrected chi connectivity index (χ0v) is 15.7. The summed E-state index contributed by atoms with van der Waals surface area (Å²) in [7, 11) is -3.67. The van der Waals surface area contributed by atoms with Crippen molar-refractivity contribution in [2.45, 2.75) is 24.8 Å². The van der Waals surface area contributed by atoms with E-state index in [0.717, 1.165) is 5.56 Å². The molecule has 2 heterocycles. The molecule has 1 aromatic carbocycles. The minimum Gasteiger partial charge on any atom is -0.313 e. The molecule has 0 aliphatic carbocycles. The van der Waals surface area contributed by atoms with Crippen LogP contribution in [-0.2, 0) is 10.0 Å². The molecule has 1 unspecified atom stereocenters. The zero-order valence-electron chi connectivity index (χ0n) is 14.9. The SMILES string of the molecule is CC(C)C(=O)c1ccc(S(=O)(=O)N2CCNCC2c2cccnc2)cc1. The second-order valence-electron chi connectivity index (χ2n) is 6.67. The molecule has 26 heavy (non-hydrogen) atoms. The van der Waals surface area contributed by atoms with Crippen LogP contribution < -0.4 is 5.32 Å². The lowest BCUT2D eigenvalue weighted by atomic mass is 10.0. The smallest absolute Gasteiger partial charge is 0.243 e. The molecule has 1 saturated heterocycles. The normalized spacial score (nSPS) is 18.8. The Morgan fingerprint density at radius 3 is 2.58 bits per heavy atom. The van der Waals surface area contributed by atoms with Crippen LogP contribution in [0.2, 0.25) is 0 Å². The fraction of sp³-hybridized carbons (Fsp3) is 0.368. The predicted molar refractivity (Wildman–Crippen MR) is 99.4 cm³/mol. The second-order valence-corrected chi connectivity index (χ2v) is 8.56. The molecule has 1 fully saturated rings. The van der Waals surface area contributed by atoms with E-state index in [1.54, 1.807) is 30.6 Å². The Bertz CT molecular complexity index is 865. The van der Waals surface area contributed by atoms with Crippen LogP contribution in [0.4, 0.5) is 0 Å². The van der Waals surface area contributed by atoms with Crippen molar-refractivity contribution in [2.75, 3.05) is 19.6 Å². The average Bonchev–Trinajstić information content (AvgIpc) is 2.68. The number of aromatic nitrogens is 1. The van der Waals surface area contributed by atoms with Crippen LogP contribution in [0.15, 0.2) is 53.7 Å². The minimum absolute atomic E-state index is 0.00403. The molecule has 3 rings (SSSR count). The number of hydrogen-bond acceptors (Lipinski definition) is 5. The van der Waals surface area contributed by atoms with Gasteiger partial charge in [0.2, 0.25) is 10.0 Å². The topological polar surface area (TPSA) is 79.4 Å². The van der Waals surface area contributed by atoms with Crippen molar-refractivity contribution in [3.8, 4) is 0 Å². The molecule has 0 bridgehead atoms. The van der Waals surface area contributed by atoms with Crippen molar-refractivity contribution in [3.63, 3.8) is 0 Å². The third-order valence-electron chi connectivity index (χ3n) is 4.53. The Morgan fingerprint density at radius 1 is 1.23 bits per heavy atom. The van der Waals surface area contributed by atoms with E-state index >= 15 is 0 Å². The number of piperazine rings is 1. The van der Waals surface area contributed by atoms with Crippen LogP contribution in [0.1, 0.15) is 35.8 Å². The van der Waals surface area contributed by atoms with Gasteiger partial charge in [-0.1, -0.05) is 32.0 Å². The number of nitrogens with one attached hydrogen (secondary N) is 1. The summed E-state index contributed by atoms with van der Waals surface area (Å²) in [5.41, 5.74) is 1.39. The number of carbonyl (C=O) groups is 1. The molecular formula is C19H23N3O3S. The van der Waals surface area contributed by atoms with E-state index in [9.17, 15) is 13.2 Å². The lowest BCUT2D eigenvalue weighted by Crippen LogP contribution is -2.48. The highest BCUT2D eigenvalue weighted by molar-refractivity contribution is 7.89. The molecule has 0 saturated carbocycles. The van der Waals surface area contributed by atoms with E-state index in [1.807, 2.05) is 19.9 Å². The summed E-state index contributed by atoms with van der Waals surface area (Å²) in [6.45, 7) is 5.17. The lowest BCUT2D eigenvalue weighted by Gasteiger charge is -2.35. The van der Waals surface area contributed by atoms with Gasteiger partial charge in [-0.25, -0.2) is 8.42 Å². The molecule has 2 aromatic rings. The molecular weight excluding hydrogens is 350 g/mol. The summed E-state index contributed by atoms with van der Waals surface area (Å²) < 4.78 is 27.9. The fourth-order valence-electron chi connectivity index (χ4n) is 3.09. The number of sulfonamides is 1. The van der Waals surface area contributed by atoms with Crippen molar-refractivity contribution in [1.29, 1.82) is 0 Å². The Labute approximate surface area is 154 Å². The molecule has 0 spiro atoms. The van der Waals surface area contributed by atoms with Crippen LogP contribution in [0.3, 0.4) is 0 Å². The summed E-state index contributed by atoms with van der Waals surface area (Å²) in [5, 5.41) is 3.24. The molecule has 6 nitrogen and oxygen atoms in total. The summed E-state index contributed by atoms with van der Waals surface area (Å²) in [6.07, 6.45) is 3.37. The molecule has 0 amide bonds. The van der Waals surface area contributed by atoms with Gasteiger partial charge in [0.25, 0.3) is 0 Å². The Hall–Kier alpha value is -2.09. The van der Waals surface area contributed by atoms with Gasteiger partial charge in [-0.15, -0.1) is 0 Å². The van der Waals surface area contributed by atoms with Crippen molar-refractivity contribution in [2.24, 2.45) is 5.92 Å². The van der Waals surface area contributed by atoms with Crippen LogP contribution >= 0.6 is 0 Å². The summed E-state index contributed by atoms with van der Waals surface area (Å²) >= 11 is 0. The number of benzene rings is 1. The van der Waals surface area contributed by atoms with Gasteiger partial charge in [0.1, 0.15) is 0 Å². The van der Waals surface area contributed by atoms with Gasteiger partial charge in [0.05, 0.1) is 10.9 Å². The maximum Gasteiger partial charge on any atom is 0.243 e. The van der Waals surface area contributed by atoms with Gasteiger partial charge >= 0.3 is 0 Å². The second kappa shape index (κ2) is 7.65. The van der Waals surface area contributed by atoms with E-state index in [4.69, 9.17) is 0 Å². The molecule has 0 radical (unpaired) electrons. The number of hydrogen-bond donors (Lipinski definition) is 1. The van der Waals surface area contributed by atoms with Gasteiger partial charge < -0.3 is 5.32 Å². The van der Waals surface area contributed by atoms with E-state index in [2.05, 4.69) is 10.3 Å². The van der Waals surface area contributed by atoms with Gasteiger partial charge in [0.15, 0.2) is 5.78 Å². The molecule has 138 valence electrons. The van der Waals surface area contributed by atoms with Crippen LogP contribution in [0.5, 0.6) is 0 Å². The third-order valence-corrected chi connectivity index (χ3v) is 6.46. The fourth-order valence-corrected chi connectivity index (χ4v) is 4.70. The van der Waals surface area contributed by atoms with Crippen molar-refractivity contribution in [1.82, 2.24) is 14.6 Å². The number of Topliss-reactive ketones (excluding diaryl/α,β-unsaturated/α-hetero) is 1. The predicted octanol–water partition coefficient (Wildman–Crippen LogP) is 2.26. The highest BCUT2D eigenvalue weighted by Crippen LogP contribution is 2.28. The van der Waals surface area contributed by atoms with E-state index in [1.165, 1.54) is 16.4 Å². The summed E-state index contributed by atoms with van der Waals surface area (Å²) in [5.74, 6) is -0.120. The largest absolute Gasteiger partial charge is 0.313 e. The van der Waals surface area contributed by atoms with Crippen LogP contribution in [0.25, 0.3) is 0 Å². The van der Waals surface area contributed by atoms with Crippen LogP contribution in [0, 0.1) is 5.92 Å². The average molecular weight is 373 g/mol. The maximum atomic E-state index is 13.2. The molecule has 1 aliphatic heterocycles. The number of carbonyl (C=O) groups excluding carboxylic acids is 1. The van der Waals surface area contributed by atoms with Crippen molar-refractivity contribution < 1.29 is 13.2 Å². The van der Waals surface area contributed by atoms with Crippen LogP contribution in [-0.4, -0.2) is 43.1 Å². The zero-order chi connectivity index (χ0) is 18.7. The number of pyridine rings is 1. The molecule has 1 aliphatic rings. The highest BCUT2D eigenvalue weighted by Gasteiger charge is 2.34. The number of rotatable bonds is 5. The Morgan fingerprint density at radius 2 is 1.96 bits per heavy atom. The lowest BCUT2D eigenvalue weighted by molar-refractivity contribution is 0.0939. The first-order valence-corrected chi connectivity index (χ1v) is 10.1. The monoisotopic (exact) mass is 373 g/mol.